The number of hydrogen-bond acceptors (Lipinski definition) is 3. The summed E-state index contributed by atoms with van der Waals surface area (Å²) in [7, 11) is 1.77. The van der Waals surface area contributed by atoms with Gasteiger partial charge in [0, 0.05) is 19.6 Å². The van der Waals surface area contributed by atoms with Crippen molar-refractivity contribution in [2.45, 2.75) is 109 Å². The first-order chi connectivity index (χ1) is 18.1. The van der Waals surface area contributed by atoms with Gasteiger partial charge in [0.1, 0.15) is 0 Å². The van der Waals surface area contributed by atoms with E-state index in [0.717, 1.165) is 81.2 Å². The first-order valence-electron chi connectivity index (χ1n) is 15.5. The summed E-state index contributed by atoms with van der Waals surface area (Å²) < 4.78 is 42.3. The molecular formula is C32H52F2O3. The number of hydrogen-bond donors (Lipinski definition) is 0. The van der Waals surface area contributed by atoms with Gasteiger partial charge in [-0.15, -0.1) is 0 Å². The van der Waals surface area contributed by atoms with Crippen molar-refractivity contribution in [1.82, 2.24) is 0 Å². The molecule has 1 saturated heterocycles. The summed E-state index contributed by atoms with van der Waals surface area (Å²) in [5.74, 6) is 5.05. The molecule has 0 bridgehead atoms. The number of halogens is 2. The lowest BCUT2D eigenvalue weighted by atomic mass is 9.67. The Hall–Kier alpha value is -0.780. The second-order valence-electron chi connectivity index (χ2n) is 12.6. The molecule has 4 fully saturated rings. The highest BCUT2D eigenvalue weighted by atomic mass is 19.3. The Morgan fingerprint density at radius 3 is 1.89 bits per heavy atom. The van der Waals surface area contributed by atoms with E-state index >= 15 is 0 Å². The molecule has 3 aliphatic carbocycles. The molecule has 1 aliphatic heterocycles. The van der Waals surface area contributed by atoms with Gasteiger partial charge in [-0.2, -0.15) is 8.78 Å². The lowest BCUT2D eigenvalue weighted by molar-refractivity contribution is -0.214. The first kappa shape index (κ1) is 29.2. The molecule has 1 heterocycles. The topological polar surface area (TPSA) is 27.7 Å². The van der Waals surface area contributed by atoms with E-state index in [9.17, 15) is 8.78 Å². The Bertz CT molecular complexity index is 674. The van der Waals surface area contributed by atoms with Crippen LogP contribution in [0.3, 0.4) is 0 Å². The molecule has 0 N–H and O–H groups in total. The lowest BCUT2D eigenvalue weighted by Crippen LogP contribution is -2.38. The summed E-state index contributed by atoms with van der Waals surface area (Å²) in [4.78, 5) is 0. The highest BCUT2D eigenvalue weighted by Gasteiger charge is 2.35. The van der Waals surface area contributed by atoms with Gasteiger partial charge in [-0.1, -0.05) is 12.2 Å². The van der Waals surface area contributed by atoms with E-state index < -0.39 is 6.08 Å². The Kier molecular flexibility index (Phi) is 12.4. The fourth-order valence-electron chi connectivity index (χ4n) is 7.75. The molecule has 0 unspecified atom stereocenters. The van der Waals surface area contributed by atoms with E-state index in [1.54, 1.807) is 7.11 Å². The fourth-order valence-corrected chi connectivity index (χ4v) is 7.75. The van der Waals surface area contributed by atoms with E-state index in [0.29, 0.717) is 18.3 Å². The zero-order valence-corrected chi connectivity index (χ0v) is 23.3. The summed E-state index contributed by atoms with van der Waals surface area (Å²) in [6.07, 6.45) is 23.6. The largest absolute Gasteiger partial charge is 0.384 e. The molecule has 4 aliphatic rings. The lowest BCUT2D eigenvalue weighted by Gasteiger charge is -2.41. The minimum Gasteiger partial charge on any atom is -0.384 e. The van der Waals surface area contributed by atoms with E-state index in [1.165, 1.54) is 70.6 Å². The average molecular weight is 523 g/mol. The van der Waals surface area contributed by atoms with Gasteiger partial charge in [0.25, 0.3) is 6.08 Å². The van der Waals surface area contributed by atoms with E-state index in [2.05, 4.69) is 12.2 Å². The molecule has 3 nitrogen and oxygen atoms in total. The summed E-state index contributed by atoms with van der Waals surface area (Å²) in [6.45, 7) is 2.58. The van der Waals surface area contributed by atoms with Crippen LogP contribution in [-0.4, -0.2) is 33.2 Å². The zero-order chi connectivity index (χ0) is 25.9. The average Bonchev–Trinajstić information content (AvgIpc) is 2.94. The Balaban J connectivity index is 1.05. The van der Waals surface area contributed by atoms with Crippen LogP contribution in [0.1, 0.15) is 103 Å². The minimum atomic E-state index is -1.51. The zero-order valence-electron chi connectivity index (χ0n) is 23.3. The molecule has 0 aromatic rings. The van der Waals surface area contributed by atoms with Gasteiger partial charge < -0.3 is 14.2 Å². The quantitative estimate of drug-likeness (QED) is 0.200. The molecule has 0 atom stereocenters. The van der Waals surface area contributed by atoms with Gasteiger partial charge in [0.05, 0.1) is 13.2 Å². The number of allylic oxidation sites excluding steroid dienone is 2. The second kappa shape index (κ2) is 15.7. The third-order valence-corrected chi connectivity index (χ3v) is 10.2. The molecule has 0 radical (unpaired) electrons. The number of rotatable bonds is 11. The van der Waals surface area contributed by atoms with Gasteiger partial charge in [-0.25, -0.2) is 0 Å². The van der Waals surface area contributed by atoms with Gasteiger partial charge in [0.15, 0.2) is 6.29 Å². The van der Waals surface area contributed by atoms with Crippen LogP contribution in [0.2, 0.25) is 0 Å². The van der Waals surface area contributed by atoms with Gasteiger partial charge in [0.2, 0.25) is 0 Å². The van der Waals surface area contributed by atoms with E-state index in [1.807, 2.05) is 0 Å². The normalized spacial score (nSPS) is 37.5. The fraction of sp³-hybridized carbons (Fsp3) is 0.875. The number of methoxy groups -OCH3 is 1. The predicted octanol–water partition coefficient (Wildman–Crippen LogP) is 8.94. The highest BCUT2D eigenvalue weighted by Crippen LogP contribution is 2.44. The van der Waals surface area contributed by atoms with Crippen molar-refractivity contribution in [2.24, 2.45) is 41.4 Å². The molecule has 3 saturated carbocycles. The van der Waals surface area contributed by atoms with Crippen LogP contribution >= 0.6 is 0 Å². The Morgan fingerprint density at radius 1 is 0.730 bits per heavy atom. The third kappa shape index (κ3) is 9.72. The summed E-state index contributed by atoms with van der Waals surface area (Å²) in [6, 6.07) is 0. The van der Waals surface area contributed by atoms with Crippen molar-refractivity contribution < 1.29 is 23.0 Å². The Labute approximate surface area is 224 Å². The monoisotopic (exact) mass is 522 g/mol. The molecule has 37 heavy (non-hydrogen) atoms. The van der Waals surface area contributed by atoms with Crippen molar-refractivity contribution in [2.75, 3.05) is 26.9 Å². The van der Waals surface area contributed by atoms with Crippen LogP contribution in [0.25, 0.3) is 0 Å². The summed E-state index contributed by atoms with van der Waals surface area (Å²) in [5.41, 5.74) is 0. The van der Waals surface area contributed by atoms with Crippen molar-refractivity contribution in [1.29, 1.82) is 0 Å². The standard InChI is InChI=1S/C32H52F2O3/c1-35-21-3-2-4-24-5-7-25(8-6-24)12-20-32-36-22-30(23-37-32)29-17-15-28(16-18-29)27-13-9-26(10-14-27)11-19-31(33)34/h2,4,19,24-30,32H,3,5-18,20-23H2,1H3. The first-order valence-corrected chi connectivity index (χ1v) is 15.5. The van der Waals surface area contributed by atoms with Crippen LogP contribution in [0, 0.1) is 41.4 Å². The Morgan fingerprint density at radius 2 is 1.30 bits per heavy atom. The molecule has 0 aromatic carbocycles. The molecule has 4 rings (SSSR count). The van der Waals surface area contributed by atoms with Crippen LogP contribution in [-0.2, 0) is 14.2 Å². The van der Waals surface area contributed by atoms with Crippen molar-refractivity contribution in [3.8, 4) is 0 Å². The van der Waals surface area contributed by atoms with Crippen LogP contribution in [0.15, 0.2) is 24.3 Å². The molecule has 0 amide bonds. The molecular weight excluding hydrogens is 470 g/mol. The van der Waals surface area contributed by atoms with Crippen molar-refractivity contribution in [3.63, 3.8) is 0 Å². The van der Waals surface area contributed by atoms with Crippen molar-refractivity contribution >= 4 is 0 Å². The maximum atomic E-state index is 12.4. The van der Waals surface area contributed by atoms with Crippen molar-refractivity contribution in [3.05, 3.63) is 24.3 Å². The van der Waals surface area contributed by atoms with E-state index in [-0.39, 0.29) is 6.29 Å². The third-order valence-electron chi connectivity index (χ3n) is 10.2. The maximum absolute atomic E-state index is 12.4. The molecule has 0 spiro atoms. The smallest absolute Gasteiger partial charge is 0.266 e. The van der Waals surface area contributed by atoms with Gasteiger partial charge in [-0.3, -0.25) is 0 Å². The maximum Gasteiger partial charge on any atom is 0.266 e. The minimum absolute atomic E-state index is 0.00940. The van der Waals surface area contributed by atoms with Crippen LogP contribution < -0.4 is 0 Å². The SMILES string of the molecule is COCCC=CC1CCC(CCC2OCC(C3CCC(C4CCC(CC=C(F)F)CC4)CC3)CO2)CC1. The number of ether oxygens (including phenoxy) is 3. The van der Waals surface area contributed by atoms with Crippen LogP contribution in [0.4, 0.5) is 8.78 Å². The summed E-state index contributed by atoms with van der Waals surface area (Å²) in [5, 5.41) is 0. The van der Waals surface area contributed by atoms with E-state index in [4.69, 9.17) is 14.2 Å². The van der Waals surface area contributed by atoms with Gasteiger partial charge >= 0.3 is 0 Å². The highest BCUT2D eigenvalue weighted by molar-refractivity contribution is 4.91. The molecule has 212 valence electrons. The predicted molar refractivity (Wildman–Crippen MR) is 145 cm³/mol. The summed E-state index contributed by atoms with van der Waals surface area (Å²) >= 11 is 0. The molecule has 0 aromatic heterocycles. The van der Waals surface area contributed by atoms with Gasteiger partial charge in [-0.05, 0) is 144 Å². The molecule has 5 heteroatoms. The van der Waals surface area contributed by atoms with Crippen LogP contribution in [0.5, 0.6) is 0 Å². The second-order valence-corrected chi connectivity index (χ2v) is 12.6.